The number of rotatable bonds is 28. The van der Waals surface area contributed by atoms with Gasteiger partial charge in [0.1, 0.15) is 13.2 Å². The van der Waals surface area contributed by atoms with E-state index < -0.39 is 12.3 Å². The van der Waals surface area contributed by atoms with Gasteiger partial charge in [0, 0.05) is 0 Å². The fraction of sp³-hybridized carbons (Fsp3) is 0.923. The molecule has 0 aromatic carbocycles. The Hall–Kier alpha value is -1.74. The molecule has 39 heavy (non-hydrogen) atoms. The Labute approximate surface area is 232 Å². The van der Waals surface area contributed by atoms with E-state index in [0.29, 0.717) is 92.5 Å². The van der Waals surface area contributed by atoms with E-state index in [-0.39, 0.29) is 38.3 Å². The van der Waals surface area contributed by atoms with E-state index in [0.717, 1.165) is 0 Å². The molecule has 0 fully saturated rings. The molecule has 13 nitrogen and oxygen atoms in total. The highest BCUT2D eigenvalue weighted by molar-refractivity contribution is 5.60. The van der Waals surface area contributed by atoms with E-state index in [9.17, 15) is 9.59 Å². The van der Waals surface area contributed by atoms with Crippen LogP contribution in [0.5, 0.6) is 0 Å². The monoisotopic (exact) mass is 570 g/mol. The molecule has 0 aromatic rings. The molecule has 0 spiro atoms. The lowest BCUT2D eigenvalue weighted by atomic mass is 10.2. The Morgan fingerprint density at radius 1 is 0.359 bits per heavy atom. The molecular weight excluding hydrogens is 520 g/mol. The summed E-state index contributed by atoms with van der Waals surface area (Å²) in [4.78, 5) is 22.5. The van der Waals surface area contributed by atoms with Gasteiger partial charge in [-0.15, -0.1) is 0 Å². The molecule has 0 aliphatic heterocycles. The van der Waals surface area contributed by atoms with Crippen molar-refractivity contribution in [1.29, 1.82) is 0 Å². The van der Waals surface area contributed by atoms with E-state index in [4.69, 9.17) is 52.1 Å². The van der Waals surface area contributed by atoms with E-state index >= 15 is 0 Å². The summed E-state index contributed by atoms with van der Waals surface area (Å²) in [7, 11) is 0. The normalized spacial score (nSPS) is 11.2. The first-order valence-corrected chi connectivity index (χ1v) is 13.5. The van der Waals surface area contributed by atoms with Gasteiger partial charge in [-0.2, -0.15) is 0 Å². The van der Waals surface area contributed by atoms with Gasteiger partial charge in [-0.3, -0.25) is 0 Å². The second-order valence-corrected chi connectivity index (χ2v) is 8.89. The topological polar surface area (TPSA) is 136 Å². The van der Waals surface area contributed by atoms with Crippen molar-refractivity contribution in [2.75, 3.05) is 119 Å². The highest BCUT2D eigenvalue weighted by Gasteiger charge is 2.05. The lowest BCUT2D eigenvalue weighted by Gasteiger charge is -2.09. The van der Waals surface area contributed by atoms with E-state index in [2.05, 4.69) is 0 Å². The van der Waals surface area contributed by atoms with E-state index in [1.54, 1.807) is 0 Å². The van der Waals surface area contributed by atoms with E-state index in [1.165, 1.54) is 0 Å². The number of hydrogen-bond donors (Lipinski definition) is 0. The lowest BCUT2D eigenvalue weighted by Crippen LogP contribution is -2.16. The summed E-state index contributed by atoms with van der Waals surface area (Å²) < 4.78 is 57.1. The number of hydrogen-bond acceptors (Lipinski definition) is 13. The summed E-state index contributed by atoms with van der Waals surface area (Å²) in [5.41, 5.74) is 0. The minimum Gasteiger partial charge on any atom is -0.434 e. The Morgan fingerprint density at radius 2 is 0.564 bits per heavy atom. The number of ether oxygens (including phenoxy) is 11. The molecule has 0 saturated carbocycles. The SMILES string of the molecule is CC(C)COC(=O)OCCOCCOCCOCCOCCOCCOCCOCCOC(=O)OCC(C)C. The highest BCUT2D eigenvalue weighted by Crippen LogP contribution is 1.96. The van der Waals surface area contributed by atoms with Gasteiger partial charge in [-0.1, -0.05) is 27.7 Å². The Balaban J connectivity index is 3.13. The van der Waals surface area contributed by atoms with Crippen LogP contribution in [0.2, 0.25) is 0 Å². The van der Waals surface area contributed by atoms with Crippen molar-refractivity contribution in [1.82, 2.24) is 0 Å². The van der Waals surface area contributed by atoms with Gasteiger partial charge in [0.15, 0.2) is 0 Å². The fourth-order valence-electron chi connectivity index (χ4n) is 2.34. The van der Waals surface area contributed by atoms with Crippen LogP contribution < -0.4 is 0 Å². The molecule has 0 bridgehead atoms. The third-order valence-electron chi connectivity index (χ3n) is 4.20. The summed E-state index contributed by atoms with van der Waals surface area (Å²) >= 11 is 0. The fourth-order valence-corrected chi connectivity index (χ4v) is 2.34. The maximum atomic E-state index is 11.2. The van der Waals surface area contributed by atoms with Crippen molar-refractivity contribution in [3.8, 4) is 0 Å². The highest BCUT2D eigenvalue weighted by atomic mass is 16.7. The maximum absolute atomic E-state index is 11.2. The van der Waals surface area contributed by atoms with Gasteiger partial charge in [0.25, 0.3) is 0 Å². The summed E-state index contributed by atoms with van der Waals surface area (Å²) in [5.74, 6) is 0.540. The van der Waals surface area contributed by atoms with Crippen LogP contribution in [0.3, 0.4) is 0 Å². The molecule has 0 saturated heterocycles. The molecule has 0 unspecified atom stereocenters. The predicted molar refractivity (Wildman–Crippen MR) is 140 cm³/mol. The second-order valence-electron chi connectivity index (χ2n) is 8.89. The van der Waals surface area contributed by atoms with Crippen molar-refractivity contribution in [3.05, 3.63) is 0 Å². The average molecular weight is 571 g/mol. The molecule has 13 heteroatoms. The molecule has 0 aromatic heterocycles. The summed E-state index contributed by atoms with van der Waals surface area (Å²) in [5, 5.41) is 0. The molecule has 232 valence electrons. The van der Waals surface area contributed by atoms with Gasteiger partial charge >= 0.3 is 12.3 Å². The van der Waals surface area contributed by atoms with Crippen molar-refractivity contribution < 1.29 is 61.7 Å². The van der Waals surface area contributed by atoms with Crippen molar-refractivity contribution in [2.24, 2.45) is 11.8 Å². The molecule has 0 amide bonds. The molecule has 0 N–H and O–H groups in total. The summed E-state index contributed by atoms with van der Waals surface area (Å²) in [6, 6.07) is 0. The molecule has 0 radical (unpaired) electrons. The number of carbonyl (C=O) groups excluding carboxylic acids is 2. The largest absolute Gasteiger partial charge is 0.508 e. The zero-order chi connectivity index (χ0) is 28.8. The van der Waals surface area contributed by atoms with Crippen LogP contribution in [0.1, 0.15) is 27.7 Å². The van der Waals surface area contributed by atoms with Gasteiger partial charge in [-0.05, 0) is 11.8 Å². The van der Waals surface area contributed by atoms with Crippen LogP contribution in [0.4, 0.5) is 9.59 Å². The first-order valence-electron chi connectivity index (χ1n) is 13.5. The number of carbonyl (C=O) groups is 2. The summed E-state index contributed by atoms with van der Waals surface area (Å²) in [6.45, 7) is 14.7. The van der Waals surface area contributed by atoms with Crippen LogP contribution in [-0.2, 0) is 52.1 Å². The van der Waals surface area contributed by atoms with Crippen LogP contribution in [-0.4, -0.2) is 131 Å². The summed E-state index contributed by atoms with van der Waals surface area (Å²) in [6.07, 6.45) is -1.35. The Kier molecular flexibility index (Phi) is 27.9. The zero-order valence-corrected chi connectivity index (χ0v) is 24.2. The predicted octanol–water partition coefficient (Wildman–Crippen LogP) is 2.72. The van der Waals surface area contributed by atoms with Gasteiger partial charge in [0.05, 0.1) is 106 Å². The molecule has 0 aliphatic rings. The van der Waals surface area contributed by atoms with Crippen LogP contribution in [0, 0.1) is 11.8 Å². The van der Waals surface area contributed by atoms with E-state index in [1.807, 2.05) is 27.7 Å². The molecular formula is C26H50O13. The van der Waals surface area contributed by atoms with Crippen molar-refractivity contribution in [2.45, 2.75) is 27.7 Å². The second kappa shape index (κ2) is 29.2. The minimum atomic E-state index is -0.677. The van der Waals surface area contributed by atoms with Crippen LogP contribution in [0.25, 0.3) is 0 Å². The molecule has 0 heterocycles. The standard InChI is InChI=1S/C26H50O13/c1-23(2)21-38-25(27)36-19-17-34-15-13-32-11-9-30-7-5-29-6-8-31-10-12-33-14-16-35-18-20-37-26(28)39-22-24(3)4/h23-24H,5-22H2,1-4H3. The first kappa shape index (κ1) is 37.3. The lowest BCUT2D eigenvalue weighted by molar-refractivity contribution is -0.0250. The average Bonchev–Trinajstić information content (AvgIpc) is 2.90. The maximum Gasteiger partial charge on any atom is 0.508 e. The third-order valence-corrected chi connectivity index (χ3v) is 4.20. The van der Waals surface area contributed by atoms with Gasteiger partial charge in [0.2, 0.25) is 0 Å². The molecule has 0 rings (SSSR count). The van der Waals surface area contributed by atoms with Crippen LogP contribution in [0.15, 0.2) is 0 Å². The Morgan fingerprint density at radius 3 is 0.769 bits per heavy atom. The molecule has 0 aliphatic carbocycles. The van der Waals surface area contributed by atoms with Crippen molar-refractivity contribution in [3.63, 3.8) is 0 Å². The minimum absolute atomic E-state index is 0.145. The van der Waals surface area contributed by atoms with Crippen LogP contribution >= 0.6 is 0 Å². The van der Waals surface area contributed by atoms with Gasteiger partial charge < -0.3 is 52.1 Å². The first-order chi connectivity index (χ1) is 18.9. The zero-order valence-electron chi connectivity index (χ0n) is 24.2. The van der Waals surface area contributed by atoms with Gasteiger partial charge in [-0.25, -0.2) is 9.59 Å². The third kappa shape index (κ3) is 32.4. The van der Waals surface area contributed by atoms with Crippen molar-refractivity contribution >= 4 is 12.3 Å². The quantitative estimate of drug-likeness (QED) is 0.101. The Bertz CT molecular complexity index is 500. The molecule has 0 atom stereocenters. The smallest absolute Gasteiger partial charge is 0.434 e.